The van der Waals surface area contributed by atoms with Crippen LogP contribution in [0.3, 0.4) is 0 Å². The minimum atomic E-state index is -0.135. The molecule has 0 saturated carbocycles. The molecule has 3 heteroatoms. The summed E-state index contributed by atoms with van der Waals surface area (Å²) in [5.41, 5.74) is 1.90. The predicted molar refractivity (Wildman–Crippen MR) is 71.9 cm³/mol. The average molecular weight is 402 g/mol. The molecule has 0 aromatic heterocycles. The van der Waals surface area contributed by atoms with Crippen molar-refractivity contribution in [1.29, 1.82) is 0 Å². The van der Waals surface area contributed by atoms with Gasteiger partial charge in [0.2, 0.25) is 0 Å². The van der Waals surface area contributed by atoms with Gasteiger partial charge < -0.3 is 0 Å². The monoisotopic (exact) mass is 402 g/mol. The van der Waals surface area contributed by atoms with E-state index in [9.17, 15) is 4.39 Å². The zero-order chi connectivity index (χ0) is 9.84. The van der Waals surface area contributed by atoms with E-state index in [2.05, 4.69) is 6.92 Å². The van der Waals surface area contributed by atoms with Crippen molar-refractivity contribution >= 4 is 51.0 Å². The first-order chi connectivity index (χ1) is 6.15. The van der Waals surface area contributed by atoms with Crippen LogP contribution in [-0.2, 0) is 6.42 Å². The Kier molecular flexibility index (Phi) is 4.64. The summed E-state index contributed by atoms with van der Waals surface area (Å²) >= 11 is 3.96. The van der Waals surface area contributed by atoms with E-state index in [0.717, 1.165) is 6.42 Å². The van der Waals surface area contributed by atoms with Crippen molar-refractivity contribution in [3.05, 3.63) is 37.0 Å². The molecular weight excluding hydrogens is 393 g/mol. The first-order valence-corrected chi connectivity index (χ1v) is 6.11. The summed E-state index contributed by atoms with van der Waals surface area (Å²) in [6.45, 7) is 2.09. The standard InChI is InChI=1S/C10H9FI2/c1-2-7-3-5-8(6-4-7)9(11)10(12)13/h3-6H,2H2,1H3. The van der Waals surface area contributed by atoms with Crippen LogP contribution in [0.2, 0.25) is 0 Å². The third-order valence-corrected chi connectivity index (χ3v) is 2.73. The third kappa shape index (κ3) is 3.19. The fourth-order valence-corrected chi connectivity index (χ4v) is 1.62. The Hall–Kier alpha value is 0.350. The molecule has 1 aromatic carbocycles. The number of aryl methyl sites for hydroxylation is 1. The van der Waals surface area contributed by atoms with E-state index in [1.165, 1.54) is 5.56 Å². The maximum absolute atomic E-state index is 13.4. The van der Waals surface area contributed by atoms with Gasteiger partial charge in [-0.3, -0.25) is 0 Å². The Morgan fingerprint density at radius 3 is 2.15 bits per heavy atom. The van der Waals surface area contributed by atoms with E-state index in [1.807, 2.05) is 69.4 Å². The molecule has 0 atom stereocenters. The minimum absolute atomic E-state index is 0.135. The van der Waals surface area contributed by atoms with Gasteiger partial charge in [-0.2, -0.15) is 0 Å². The van der Waals surface area contributed by atoms with Crippen LogP contribution in [0.1, 0.15) is 18.1 Å². The number of benzene rings is 1. The minimum Gasteiger partial charge on any atom is -0.205 e. The smallest absolute Gasteiger partial charge is 0.149 e. The second-order valence-electron chi connectivity index (χ2n) is 2.62. The quantitative estimate of drug-likeness (QED) is 0.629. The Morgan fingerprint density at radius 1 is 1.23 bits per heavy atom. The van der Waals surface area contributed by atoms with Crippen LogP contribution in [0.4, 0.5) is 4.39 Å². The van der Waals surface area contributed by atoms with Crippen LogP contribution in [0.15, 0.2) is 25.9 Å². The van der Waals surface area contributed by atoms with Crippen LogP contribution in [0.5, 0.6) is 0 Å². The summed E-state index contributed by atoms with van der Waals surface area (Å²) in [5.74, 6) is -0.135. The van der Waals surface area contributed by atoms with E-state index >= 15 is 0 Å². The summed E-state index contributed by atoms with van der Waals surface area (Å²) in [7, 11) is 0. The van der Waals surface area contributed by atoms with E-state index in [0.29, 0.717) is 7.15 Å². The molecule has 1 aromatic rings. The van der Waals surface area contributed by atoms with Crippen LogP contribution in [0.25, 0.3) is 5.83 Å². The first-order valence-electron chi connectivity index (χ1n) is 3.95. The van der Waals surface area contributed by atoms with Crippen molar-refractivity contribution in [2.24, 2.45) is 0 Å². The molecule has 13 heavy (non-hydrogen) atoms. The van der Waals surface area contributed by atoms with E-state index in [4.69, 9.17) is 0 Å². The summed E-state index contributed by atoms with van der Waals surface area (Å²) in [5, 5.41) is 0. The second kappa shape index (κ2) is 5.29. The Labute approximate surface area is 105 Å². The highest BCUT2D eigenvalue weighted by Gasteiger charge is 2.03. The SMILES string of the molecule is CCc1ccc(C(F)=C(I)I)cc1. The van der Waals surface area contributed by atoms with Gasteiger partial charge in [0.25, 0.3) is 0 Å². The molecule has 0 heterocycles. The second-order valence-corrected chi connectivity index (χ2v) is 6.85. The maximum atomic E-state index is 13.4. The van der Waals surface area contributed by atoms with Crippen LogP contribution in [-0.4, -0.2) is 0 Å². The van der Waals surface area contributed by atoms with Crippen molar-refractivity contribution in [3.63, 3.8) is 0 Å². The number of hydrogen-bond acceptors (Lipinski definition) is 0. The zero-order valence-electron chi connectivity index (χ0n) is 7.15. The number of halogens is 3. The molecular formula is C10H9FI2. The highest BCUT2D eigenvalue weighted by atomic mass is 127. The average Bonchev–Trinajstić information content (AvgIpc) is 2.17. The first kappa shape index (κ1) is 11.4. The van der Waals surface area contributed by atoms with Gasteiger partial charge in [-0.1, -0.05) is 31.2 Å². The van der Waals surface area contributed by atoms with Gasteiger partial charge in [-0.05, 0) is 57.2 Å². The molecule has 0 N–H and O–H groups in total. The molecule has 0 amide bonds. The van der Waals surface area contributed by atoms with Crippen LogP contribution < -0.4 is 0 Å². The lowest BCUT2D eigenvalue weighted by Crippen LogP contribution is -1.82. The Bertz CT molecular complexity index is 310. The molecule has 0 radical (unpaired) electrons. The summed E-state index contributed by atoms with van der Waals surface area (Å²) < 4.78 is 14.0. The van der Waals surface area contributed by atoms with Crippen molar-refractivity contribution in [2.45, 2.75) is 13.3 Å². The zero-order valence-corrected chi connectivity index (χ0v) is 11.5. The highest BCUT2D eigenvalue weighted by molar-refractivity contribution is 14.2. The molecule has 0 aliphatic carbocycles. The van der Waals surface area contributed by atoms with Crippen LogP contribution in [0, 0.1) is 0 Å². The molecule has 0 saturated heterocycles. The predicted octanol–water partition coefficient (Wildman–Crippen LogP) is 4.71. The number of rotatable bonds is 2. The summed E-state index contributed by atoms with van der Waals surface area (Å²) in [6, 6.07) is 7.58. The largest absolute Gasteiger partial charge is 0.205 e. The van der Waals surface area contributed by atoms with Gasteiger partial charge in [0, 0.05) is 5.56 Å². The van der Waals surface area contributed by atoms with Gasteiger partial charge in [0.05, 0.1) is 1.59 Å². The molecule has 0 aliphatic rings. The highest BCUT2D eigenvalue weighted by Crippen LogP contribution is 2.29. The van der Waals surface area contributed by atoms with Crippen molar-refractivity contribution < 1.29 is 4.39 Å². The molecule has 1 rings (SSSR count). The molecule has 0 aliphatic heterocycles. The molecule has 0 fully saturated rings. The normalized spacial score (nSPS) is 9.85. The molecule has 70 valence electrons. The van der Waals surface area contributed by atoms with Crippen molar-refractivity contribution in [1.82, 2.24) is 0 Å². The van der Waals surface area contributed by atoms with Gasteiger partial charge in [0.1, 0.15) is 5.83 Å². The van der Waals surface area contributed by atoms with E-state index < -0.39 is 0 Å². The van der Waals surface area contributed by atoms with Gasteiger partial charge >= 0.3 is 0 Å². The Balaban J connectivity index is 2.99. The van der Waals surface area contributed by atoms with Crippen LogP contribution >= 0.6 is 45.2 Å². The van der Waals surface area contributed by atoms with E-state index in [1.54, 1.807) is 0 Å². The lowest BCUT2D eigenvalue weighted by Gasteiger charge is -2.00. The summed E-state index contributed by atoms with van der Waals surface area (Å²) in [4.78, 5) is 0. The van der Waals surface area contributed by atoms with E-state index in [-0.39, 0.29) is 5.83 Å². The lowest BCUT2D eigenvalue weighted by atomic mass is 10.1. The van der Waals surface area contributed by atoms with Gasteiger partial charge in [-0.25, -0.2) is 4.39 Å². The summed E-state index contributed by atoms with van der Waals surface area (Å²) in [6.07, 6.45) is 0.993. The Morgan fingerprint density at radius 2 is 1.77 bits per heavy atom. The molecule has 0 nitrogen and oxygen atoms in total. The molecule has 0 bridgehead atoms. The molecule has 0 spiro atoms. The maximum Gasteiger partial charge on any atom is 0.149 e. The van der Waals surface area contributed by atoms with Gasteiger partial charge in [-0.15, -0.1) is 0 Å². The topological polar surface area (TPSA) is 0 Å². The molecule has 0 unspecified atom stereocenters. The fourth-order valence-electron chi connectivity index (χ4n) is 0.996. The van der Waals surface area contributed by atoms with Crippen molar-refractivity contribution in [3.8, 4) is 0 Å². The lowest BCUT2D eigenvalue weighted by molar-refractivity contribution is 0.762. The van der Waals surface area contributed by atoms with Gasteiger partial charge in [0.15, 0.2) is 0 Å². The number of hydrogen-bond donors (Lipinski definition) is 0. The van der Waals surface area contributed by atoms with Crippen molar-refractivity contribution in [2.75, 3.05) is 0 Å². The fraction of sp³-hybridized carbons (Fsp3) is 0.200. The third-order valence-electron chi connectivity index (χ3n) is 1.78.